The lowest BCUT2D eigenvalue weighted by Gasteiger charge is -2.07. The molecule has 1 heterocycles. The van der Waals surface area contributed by atoms with E-state index < -0.39 is 11.6 Å². The van der Waals surface area contributed by atoms with E-state index in [4.69, 9.17) is 4.74 Å². The van der Waals surface area contributed by atoms with Crippen LogP contribution in [0.5, 0.6) is 11.6 Å². The molecule has 0 amide bonds. The highest BCUT2D eigenvalue weighted by atomic mass is 19.1. The average molecular weight is 281 g/mol. The molecule has 2 nitrogen and oxygen atoms in total. The van der Waals surface area contributed by atoms with Gasteiger partial charge in [-0.1, -0.05) is 33.8 Å². The zero-order valence-electron chi connectivity index (χ0n) is 12.6. The van der Waals surface area contributed by atoms with Gasteiger partial charge < -0.3 is 4.74 Å². The summed E-state index contributed by atoms with van der Waals surface area (Å²) in [7, 11) is 0. The molecule has 2 aromatic rings. The smallest absolute Gasteiger partial charge is 0.222 e. The monoisotopic (exact) mass is 281 g/mol. The molecule has 0 aliphatic carbocycles. The molecule has 0 unspecified atom stereocenters. The van der Waals surface area contributed by atoms with Gasteiger partial charge in [0, 0.05) is 17.8 Å². The van der Waals surface area contributed by atoms with Gasteiger partial charge in [0.05, 0.1) is 0 Å². The number of pyridine rings is 1. The Bertz CT molecular complexity index is 516. The predicted octanol–water partition coefficient (Wildman–Crippen LogP) is 5.51. The number of ether oxygens (including phenoxy) is 1. The highest BCUT2D eigenvalue weighted by Gasteiger charge is 2.08. The first-order valence-corrected chi connectivity index (χ1v) is 6.71. The van der Waals surface area contributed by atoms with Gasteiger partial charge in [0.25, 0.3) is 0 Å². The fourth-order valence-corrected chi connectivity index (χ4v) is 1.24. The number of halogens is 2. The minimum Gasteiger partial charge on any atom is -0.436 e. The quantitative estimate of drug-likeness (QED) is 0.723. The van der Waals surface area contributed by atoms with Crippen molar-refractivity contribution in [2.45, 2.75) is 34.6 Å². The van der Waals surface area contributed by atoms with Crippen LogP contribution in [-0.2, 0) is 0 Å². The maximum atomic E-state index is 13.3. The van der Waals surface area contributed by atoms with E-state index in [-0.39, 0.29) is 5.75 Å². The first-order valence-electron chi connectivity index (χ1n) is 6.71. The van der Waals surface area contributed by atoms with Crippen molar-refractivity contribution in [3.8, 4) is 11.6 Å². The molecule has 0 bridgehead atoms. The van der Waals surface area contributed by atoms with Gasteiger partial charge in [-0.15, -0.1) is 0 Å². The van der Waals surface area contributed by atoms with Crippen LogP contribution in [-0.4, -0.2) is 4.98 Å². The molecule has 20 heavy (non-hydrogen) atoms. The molecule has 2 rings (SSSR count). The van der Waals surface area contributed by atoms with Crippen LogP contribution in [0, 0.1) is 18.6 Å². The summed E-state index contributed by atoms with van der Waals surface area (Å²) in [5.74, 6) is -1.11. The van der Waals surface area contributed by atoms with E-state index in [0.717, 1.165) is 17.7 Å². The standard InChI is InChI=1S/C12H9F2NO.2C2H6/c1-8-3-2-6-15-12(8)16-11-5-4-9(13)7-10(11)14;2*1-2/h2-7H,1H3;2*1-2H3. The summed E-state index contributed by atoms with van der Waals surface area (Å²) in [6, 6.07) is 6.69. The van der Waals surface area contributed by atoms with E-state index in [1.807, 2.05) is 27.7 Å². The van der Waals surface area contributed by atoms with Crippen molar-refractivity contribution >= 4 is 0 Å². The molecule has 1 aromatic heterocycles. The van der Waals surface area contributed by atoms with Crippen molar-refractivity contribution in [2.24, 2.45) is 0 Å². The molecule has 0 saturated carbocycles. The van der Waals surface area contributed by atoms with Crippen molar-refractivity contribution in [3.63, 3.8) is 0 Å². The molecular weight excluding hydrogens is 260 g/mol. The van der Waals surface area contributed by atoms with Gasteiger partial charge >= 0.3 is 0 Å². The Hall–Kier alpha value is -1.97. The van der Waals surface area contributed by atoms with Crippen LogP contribution in [0.2, 0.25) is 0 Å². The first-order chi connectivity index (χ1) is 9.66. The zero-order valence-corrected chi connectivity index (χ0v) is 12.6. The maximum absolute atomic E-state index is 13.3. The predicted molar refractivity (Wildman–Crippen MR) is 78.1 cm³/mol. The van der Waals surface area contributed by atoms with Crippen molar-refractivity contribution < 1.29 is 13.5 Å². The number of nitrogens with zero attached hydrogens (tertiary/aromatic N) is 1. The Balaban J connectivity index is 0.000000829. The Kier molecular flexibility index (Phi) is 8.92. The van der Waals surface area contributed by atoms with E-state index in [1.165, 1.54) is 6.07 Å². The van der Waals surface area contributed by atoms with Crippen LogP contribution in [0.1, 0.15) is 33.3 Å². The van der Waals surface area contributed by atoms with E-state index in [2.05, 4.69) is 4.98 Å². The van der Waals surface area contributed by atoms with Crippen molar-refractivity contribution in [1.29, 1.82) is 0 Å². The lowest BCUT2D eigenvalue weighted by atomic mass is 10.3. The molecule has 0 spiro atoms. The second kappa shape index (κ2) is 9.89. The average Bonchev–Trinajstić information content (AvgIpc) is 2.48. The lowest BCUT2D eigenvalue weighted by molar-refractivity contribution is 0.421. The largest absolute Gasteiger partial charge is 0.436 e. The van der Waals surface area contributed by atoms with Crippen molar-refractivity contribution in [3.05, 3.63) is 53.7 Å². The minimum atomic E-state index is -0.745. The van der Waals surface area contributed by atoms with Gasteiger partial charge in [0.1, 0.15) is 5.82 Å². The van der Waals surface area contributed by atoms with Crippen LogP contribution in [0.15, 0.2) is 36.5 Å². The van der Waals surface area contributed by atoms with E-state index in [0.29, 0.717) is 5.88 Å². The fraction of sp³-hybridized carbons (Fsp3) is 0.312. The molecule has 110 valence electrons. The minimum absolute atomic E-state index is 0.0387. The van der Waals surface area contributed by atoms with Gasteiger partial charge in [0.2, 0.25) is 5.88 Å². The van der Waals surface area contributed by atoms with Crippen LogP contribution in [0.3, 0.4) is 0 Å². The van der Waals surface area contributed by atoms with Crippen LogP contribution in [0.25, 0.3) is 0 Å². The second-order valence-corrected chi connectivity index (χ2v) is 3.30. The number of benzene rings is 1. The third-order valence-corrected chi connectivity index (χ3v) is 2.06. The Morgan fingerprint density at radius 1 is 1.00 bits per heavy atom. The summed E-state index contributed by atoms with van der Waals surface area (Å²) in [6.07, 6.45) is 1.55. The summed E-state index contributed by atoms with van der Waals surface area (Å²) in [5.41, 5.74) is 0.784. The van der Waals surface area contributed by atoms with Gasteiger partial charge in [-0.2, -0.15) is 0 Å². The number of hydrogen-bond acceptors (Lipinski definition) is 2. The topological polar surface area (TPSA) is 22.1 Å². The fourth-order valence-electron chi connectivity index (χ4n) is 1.24. The zero-order chi connectivity index (χ0) is 15.5. The SMILES string of the molecule is CC.CC.Cc1cccnc1Oc1ccc(F)cc1F. The number of aryl methyl sites for hydroxylation is 1. The first kappa shape index (κ1) is 18.0. The van der Waals surface area contributed by atoms with Gasteiger partial charge in [-0.25, -0.2) is 13.8 Å². The molecule has 0 saturated heterocycles. The maximum Gasteiger partial charge on any atom is 0.222 e. The highest BCUT2D eigenvalue weighted by molar-refractivity contribution is 5.32. The number of rotatable bonds is 2. The molecule has 0 aliphatic heterocycles. The van der Waals surface area contributed by atoms with Crippen LogP contribution in [0.4, 0.5) is 8.78 Å². The Morgan fingerprint density at radius 3 is 2.20 bits per heavy atom. The van der Waals surface area contributed by atoms with E-state index >= 15 is 0 Å². The number of hydrogen-bond donors (Lipinski definition) is 0. The van der Waals surface area contributed by atoms with Crippen molar-refractivity contribution in [2.75, 3.05) is 0 Å². The molecule has 0 radical (unpaired) electrons. The third-order valence-electron chi connectivity index (χ3n) is 2.06. The van der Waals surface area contributed by atoms with Gasteiger partial charge in [-0.3, -0.25) is 0 Å². The molecule has 4 heteroatoms. The van der Waals surface area contributed by atoms with E-state index in [9.17, 15) is 8.78 Å². The molecule has 0 N–H and O–H groups in total. The normalized spacial score (nSPS) is 8.75. The summed E-state index contributed by atoms with van der Waals surface area (Å²) < 4.78 is 31.2. The van der Waals surface area contributed by atoms with E-state index in [1.54, 1.807) is 25.3 Å². The third kappa shape index (κ3) is 5.34. The summed E-state index contributed by atoms with van der Waals surface area (Å²) >= 11 is 0. The Labute approximate surface area is 119 Å². The van der Waals surface area contributed by atoms with Crippen LogP contribution >= 0.6 is 0 Å². The van der Waals surface area contributed by atoms with Crippen LogP contribution < -0.4 is 4.74 Å². The molecule has 0 aliphatic rings. The lowest BCUT2D eigenvalue weighted by Crippen LogP contribution is -1.93. The summed E-state index contributed by atoms with van der Waals surface area (Å²) in [5, 5.41) is 0. The van der Waals surface area contributed by atoms with Gasteiger partial charge in [0.15, 0.2) is 11.6 Å². The summed E-state index contributed by atoms with van der Waals surface area (Å²) in [6.45, 7) is 9.80. The number of aromatic nitrogens is 1. The second-order valence-electron chi connectivity index (χ2n) is 3.30. The summed E-state index contributed by atoms with van der Waals surface area (Å²) in [4.78, 5) is 3.95. The molecular formula is C16H21F2NO. The highest BCUT2D eigenvalue weighted by Crippen LogP contribution is 2.25. The molecule has 1 aromatic carbocycles. The molecule has 0 fully saturated rings. The van der Waals surface area contributed by atoms with Crippen molar-refractivity contribution in [1.82, 2.24) is 4.98 Å². The van der Waals surface area contributed by atoms with Gasteiger partial charge in [-0.05, 0) is 25.1 Å². The molecule has 0 atom stereocenters. The Morgan fingerprint density at radius 2 is 1.65 bits per heavy atom.